The zero-order valence-corrected chi connectivity index (χ0v) is 20.2. The molecule has 0 unspecified atom stereocenters. The number of halogens is 1. The van der Waals surface area contributed by atoms with Gasteiger partial charge in [-0.1, -0.05) is 19.1 Å². The Labute approximate surface area is 186 Å². The summed E-state index contributed by atoms with van der Waals surface area (Å²) in [6, 6.07) is 6.83. The molecule has 0 bridgehead atoms. The maximum Gasteiger partial charge on any atom is 0.240 e. The topological polar surface area (TPSA) is 85.8 Å². The van der Waals surface area contributed by atoms with Gasteiger partial charge in [-0.2, -0.15) is 0 Å². The third-order valence-electron chi connectivity index (χ3n) is 5.01. The molecule has 0 aliphatic carbocycles. The Balaban J connectivity index is 0.00000392. The van der Waals surface area contributed by atoms with Crippen LogP contribution < -0.4 is 15.4 Å². The molecule has 0 saturated carbocycles. The van der Waals surface area contributed by atoms with Gasteiger partial charge in [-0.25, -0.2) is 13.1 Å². The van der Waals surface area contributed by atoms with Crippen LogP contribution in [0.5, 0.6) is 0 Å². The van der Waals surface area contributed by atoms with Crippen LogP contribution in [0.4, 0.5) is 0 Å². The molecule has 28 heavy (non-hydrogen) atoms. The number of benzene rings is 1. The van der Waals surface area contributed by atoms with E-state index in [0.29, 0.717) is 6.54 Å². The van der Waals surface area contributed by atoms with Crippen molar-refractivity contribution in [3.05, 3.63) is 29.8 Å². The Morgan fingerprint density at radius 2 is 1.82 bits per heavy atom. The Bertz CT molecular complexity index is 702. The Kier molecular flexibility index (Phi) is 11.3. The normalized spacial score (nSPS) is 16.5. The van der Waals surface area contributed by atoms with E-state index in [-0.39, 0.29) is 28.9 Å². The minimum Gasteiger partial charge on any atom is -0.356 e. The van der Waals surface area contributed by atoms with Gasteiger partial charge in [0.15, 0.2) is 5.96 Å². The SMILES string of the molecule is CN=C(NCCCN1CCC(C)CC1)NCc1ccc(S(=O)(=O)NC)cc1.I. The maximum absolute atomic E-state index is 11.7. The molecule has 1 aliphatic rings. The van der Waals surface area contributed by atoms with Crippen LogP contribution in [0.25, 0.3) is 0 Å². The van der Waals surface area contributed by atoms with E-state index in [2.05, 4.69) is 32.2 Å². The minimum absolute atomic E-state index is 0. The summed E-state index contributed by atoms with van der Waals surface area (Å²) in [5, 5.41) is 6.60. The summed E-state index contributed by atoms with van der Waals surface area (Å²) < 4.78 is 25.8. The molecule has 0 aromatic heterocycles. The van der Waals surface area contributed by atoms with E-state index in [1.165, 1.54) is 33.0 Å². The number of likely N-dealkylation sites (tertiary alicyclic amines) is 1. The van der Waals surface area contributed by atoms with Crippen molar-refractivity contribution in [1.29, 1.82) is 0 Å². The predicted molar refractivity (Wildman–Crippen MR) is 126 cm³/mol. The summed E-state index contributed by atoms with van der Waals surface area (Å²) in [5.74, 6) is 1.63. The molecule has 0 radical (unpaired) electrons. The monoisotopic (exact) mass is 523 g/mol. The molecule has 1 fully saturated rings. The molecule has 1 saturated heterocycles. The number of nitrogens with one attached hydrogen (secondary N) is 3. The summed E-state index contributed by atoms with van der Waals surface area (Å²) in [6.07, 6.45) is 3.71. The zero-order valence-electron chi connectivity index (χ0n) is 17.1. The van der Waals surface area contributed by atoms with Gasteiger partial charge in [0.05, 0.1) is 4.90 Å². The van der Waals surface area contributed by atoms with E-state index in [4.69, 9.17) is 0 Å². The first-order chi connectivity index (χ1) is 12.9. The molecule has 0 atom stereocenters. The number of guanidine groups is 1. The third-order valence-corrected chi connectivity index (χ3v) is 6.44. The predicted octanol–water partition coefficient (Wildman–Crippen LogP) is 2.00. The van der Waals surface area contributed by atoms with Gasteiger partial charge in [0.1, 0.15) is 0 Å². The average molecular weight is 523 g/mol. The second-order valence-corrected chi connectivity index (χ2v) is 8.97. The van der Waals surface area contributed by atoms with Crippen molar-refractivity contribution >= 4 is 40.0 Å². The third kappa shape index (κ3) is 8.22. The van der Waals surface area contributed by atoms with Crippen LogP contribution in [0.3, 0.4) is 0 Å². The standard InChI is InChI=1S/C19H33N5O2S.HI/c1-16-9-13-24(14-10-16)12-4-11-22-19(20-2)23-15-17-5-7-18(8-6-17)27(25,26)21-3;/h5-8,16,21H,4,9-15H2,1-3H3,(H2,20,22,23);1H. The smallest absolute Gasteiger partial charge is 0.240 e. The van der Waals surface area contributed by atoms with Crippen LogP contribution in [-0.2, 0) is 16.6 Å². The lowest BCUT2D eigenvalue weighted by atomic mass is 9.99. The summed E-state index contributed by atoms with van der Waals surface area (Å²) in [6.45, 7) is 7.36. The number of hydrogen-bond acceptors (Lipinski definition) is 4. The highest BCUT2D eigenvalue weighted by Gasteiger charge is 2.14. The fraction of sp³-hybridized carbons (Fsp3) is 0.632. The molecule has 160 valence electrons. The highest BCUT2D eigenvalue weighted by atomic mass is 127. The number of rotatable bonds is 8. The van der Waals surface area contributed by atoms with Crippen molar-refractivity contribution in [2.75, 3.05) is 40.3 Å². The summed E-state index contributed by atoms with van der Waals surface area (Å²) in [4.78, 5) is 7.05. The largest absolute Gasteiger partial charge is 0.356 e. The number of piperidine rings is 1. The molecular weight excluding hydrogens is 489 g/mol. The van der Waals surface area contributed by atoms with Crippen LogP contribution in [0, 0.1) is 5.92 Å². The van der Waals surface area contributed by atoms with E-state index in [0.717, 1.165) is 37.0 Å². The molecule has 3 N–H and O–H groups in total. The fourth-order valence-electron chi connectivity index (χ4n) is 3.11. The second-order valence-electron chi connectivity index (χ2n) is 7.08. The van der Waals surface area contributed by atoms with Crippen molar-refractivity contribution in [2.24, 2.45) is 10.9 Å². The lowest BCUT2D eigenvalue weighted by molar-refractivity contribution is 0.191. The van der Waals surface area contributed by atoms with Crippen molar-refractivity contribution in [2.45, 2.75) is 37.6 Å². The lowest BCUT2D eigenvalue weighted by Gasteiger charge is -2.30. The van der Waals surface area contributed by atoms with Gasteiger partial charge in [-0.15, -0.1) is 24.0 Å². The van der Waals surface area contributed by atoms with Crippen molar-refractivity contribution < 1.29 is 8.42 Å². The number of hydrogen-bond donors (Lipinski definition) is 3. The zero-order chi connectivity index (χ0) is 19.7. The molecule has 2 rings (SSSR count). The molecule has 0 amide bonds. The van der Waals surface area contributed by atoms with Crippen molar-refractivity contribution in [1.82, 2.24) is 20.3 Å². The van der Waals surface area contributed by atoms with Crippen LogP contribution in [0.15, 0.2) is 34.2 Å². The highest BCUT2D eigenvalue weighted by Crippen LogP contribution is 2.15. The van der Waals surface area contributed by atoms with E-state index in [9.17, 15) is 8.42 Å². The molecule has 1 aromatic carbocycles. The first kappa shape index (κ1) is 25.1. The van der Waals surface area contributed by atoms with E-state index < -0.39 is 10.0 Å². The second kappa shape index (κ2) is 12.6. The average Bonchev–Trinajstić information content (AvgIpc) is 2.69. The molecule has 1 aliphatic heterocycles. The number of aliphatic imine (C=N–C) groups is 1. The Morgan fingerprint density at radius 1 is 1.18 bits per heavy atom. The van der Waals surface area contributed by atoms with Crippen LogP contribution in [0.2, 0.25) is 0 Å². The summed E-state index contributed by atoms with van der Waals surface area (Å²) in [5.41, 5.74) is 0.996. The number of nitrogens with zero attached hydrogens (tertiary/aromatic N) is 2. The number of sulfonamides is 1. The molecular formula is C19H34IN5O2S. The first-order valence-electron chi connectivity index (χ1n) is 9.64. The summed E-state index contributed by atoms with van der Waals surface area (Å²) in [7, 11) is -0.226. The van der Waals surface area contributed by atoms with Crippen LogP contribution >= 0.6 is 24.0 Å². The van der Waals surface area contributed by atoms with Gasteiger partial charge in [-0.05, 0) is 69.6 Å². The minimum atomic E-state index is -3.39. The van der Waals surface area contributed by atoms with Crippen LogP contribution in [-0.4, -0.2) is 59.6 Å². The quantitative estimate of drug-likeness (QED) is 0.210. The van der Waals surface area contributed by atoms with Crippen molar-refractivity contribution in [3.63, 3.8) is 0 Å². The van der Waals surface area contributed by atoms with Gasteiger partial charge >= 0.3 is 0 Å². The molecule has 1 heterocycles. The van der Waals surface area contributed by atoms with Gasteiger partial charge in [0, 0.05) is 20.1 Å². The molecule has 9 heteroatoms. The van der Waals surface area contributed by atoms with E-state index >= 15 is 0 Å². The molecule has 1 aromatic rings. The highest BCUT2D eigenvalue weighted by molar-refractivity contribution is 14.0. The Morgan fingerprint density at radius 3 is 2.39 bits per heavy atom. The van der Waals surface area contributed by atoms with Gasteiger partial charge < -0.3 is 15.5 Å². The van der Waals surface area contributed by atoms with Gasteiger partial charge in [0.25, 0.3) is 0 Å². The summed E-state index contributed by atoms with van der Waals surface area (Å²) >= 11 is 0. The van der Waals surface area contributed by atoms with E-state index in [1.807, 2.05) is 12.1 Å². The Hall–Kier alpha value is -0.910. The van der Waals surface area contributed by atoms with E-state index in [1.54, 1.807) is 19.2 Å². The van der Waals surface area contributed by atoms with Crippen molar-refractivity contribution in [3.8, 4) is 0 Å². The fourth-order valence-corrected chi connectivity index (χ4v) is 3.84. The molecule has 0 spiro atoms. The van der Waals surface area contributed by atoms with Gasteiger partial charge in [-0.3, -0.25) is 4.99 Å². The van der Waals surface area contributed by atoms with Gasteiger partial charge in [0.2, 0.25) is 10.0 Å². The molecule has 7 nitrogen and oxygen atoms in total. The first-order valence-corrected chi connectivity index (χ1v) is 11.1. The maximum atomic E-state index is 11.7. The van der Waals surface area contributed by atoms with Crippen LogP contribution in [0.1, 0.15) is 31.7 Å². The lowest BCUT2D eigenvalue weighted by Crippen LogP contribution is -2.39.